The van der Waals surface area contributed by atoms with Crippen molar-refractivity contribution in [3.8, 4) is 0 Å². The standard InChI is InChI=1S/C23H17Cl3O4S/c1-14-2-9-18(10-3-14)31(29,30)22(13-21(27)15-4-6-16(24)7-5-15)23(28)19-11-8-17(25)12-20(19)26/h2-12,22H,13H2,1H3/t22-/m1/s1. The molecule has 0 N–H and O–H groups in total. The second kappa shape index (κ2) is 9.53. The molecule has 0 heterocycles. The van der Waals surface area contributed by atoms with Crippen LogP contribution in [0.2, 0.25) is 15.1 Å². The summed E-state index contributed by atoms with van der Waals surface area (Å²) in [5, 5.41) is -0.904. The maximum atomic E-state index is 13.4. The molecule has 160 valence electrons. The van der Waals surface area contributed by atoms with E-state index in [1.807, 2.05) is 6.92 Å². The average molecular weight is 496 g/mol. The number of aryl methyl sites for hydroxylation is 1. The van der Waals surface area contributed by atoms with Gasteiger partial charge in [0.25, 0.3) is 0 Å². The summed E-state index contributed by atoms with van der Waals surface area (Å²) in [5.41, 5.74) is 1.10. The van der Waals surface area contributed by atoms with Crippen LogP contribution in [0, 0.1) is 6.92 Å². The topological polar surface area (TPSA) is 68.3 Å². The third kappa shape index (κ3) is 5.36. The molecule has 0 spiro atoms. The van der Waals surface area contributed by atoms with E-state index in [-0.39, 0.29) is 21.0 Å². The number of benzene rings is 3. The number of halogens is 3. The zero-order valence-corrected chi connectivity index (χ0v) is 19.4. The number of hydrogen-bond donors (Lipinski definition) is 0. The van der Waals surface area contributed by atoms with Crippen molar-refractivity contribution in [3.05, 3.63) is 98.5 Å². The van der Waals surface area contributed by atoms with Crippen molar-refractivity contribution < 1.29 is 18.0 Å². The second-order valence-corrected chi connectivity index (χ2v) is 10.4. The lowest BCUT2D eigenvalue weighted by atomic mass is 10.0. The Hall–Kier alpha value is -2.18. The zero-order valence-electron chi connectivity index (χ0n) is 16.3. The van der Waals surface area contributed by atoms with Crippen molar-refractivity contribution in [3.63, 3.8) is 0 Å². The van der Waals surface area contributed by atoms with Gasteiger partial charge in [-0.05, 0) is 61.5 Å². The molecule has 0 radical (unpaired) electrons. The monoisotopic (exact) mass is 494 g/mol. The molecular weight excluding hydrogens is 479 g/mol. The van der Waals surface area contributed by atoms with Gasteiger partial charge in [0.15, 0.2) is 21.4 Å². The van der Waals surface area contributed by atoms with Gasteiger partial charge in [-0.2, -0.15) is 0 Å². The fourth-order valence-electron chi connectivity index (χ4n) is 3.02. The lowest BCUT2D eigenvalue weighted by Gasteiger charge is -2.17. The summed E-state index contributed by atoms with van der Waals surface area (Å²) in [7, 11) is -4.19. The Balaban J connectivity index is 2.06. The summed E-state index contributed by atoms with van der Waals surface area (Å²) in [5.74, 6) is -1.28. The van der Waals surface area contributed by atoms with E-state index in [2.05, 4.69) is 0 Å². The highest BCUT2D eigenvalue weighted by molar-refractivity contribution is 7.92. The van der Waals surface area contributed by atoms with Gasteiger partial charge in [-0.15, -0.1) is 0 Å². The SMILES string of the molecule is Cc1ccc(S(=O)(=O)[C@H](CC(=O)c2ccc(Cl)cc2)C(=O)c2ccc(Cl)cc2Cl)cc1. The highest BCUT2D eigenvalue weighted by Crippen LogP contribution is 2.28. The number of carbonyl (C=O) groups is 2. The van der Waals surface area contributed by atoms with Gasteiger partial charge < -0.3 is 0 Å². The highest BCUT2D eigenvalue weighted by atomic mass is 35.5. The van der Waals surface area contributed by atoms with Crippen LogP contribution in [0.4, 0.5) is 0 Å². The van der Waals surface area contributed by atoms with E-state index in [9.17, 15) is 18.0 Å². The Bertz CT molecular complexity index is 1230. The number of rotatable bonds is 7. The first-order valence-corrected chi connectivity index (χ1v) is 11.9. The fraction of sp³-hybridized carbons (Fsp3) is 0.130. The number of sulfone groups is 1. The second-order valence-electron chi connectivity index (χ2n) is 6.97. The van der Waals surface area contributed by atoms with Gasteiger partial charge in [0, 0.05) is 27.6 Å². The summed E-state index contributed by atoms with van der Waals surface area (Å²) in [4.78, 5) is 26.1. The third-order valence-electron chi connectivity index (χ3n) is 4.75. The largest absolute Gasteiger partial charge is 0.294 e. The summed E-state index contributed by atoms with van der Waals surface area (Å²) in [6.07, 6.45) is -0.546. The third-order valence-corrected chi connectivity index (χ3v) is 7.61. The van der Waals surface area contributed by atoms with Crippen LogP contribution in [0.3, 0.4) is 0 Å². The lowest BCUT2D eigenvalue weighted by Crippen LogP contribution is -2.33. The molecule has 0 saturated heterocycles. The van der Waals surface area contributed by atoms with Crippen LogP contribution < -0.4 is 0 Å². The minimum absolute atomic E-state index is 0.0144. The van der Waals surface area contributed by atoms with Gasteiger partial charge in [0.1, 0.15) is 5.25 Å². The van der Waals surface area contributed by atoms with Gasteiger partial charge in [0.2, 0.25) is 0 Å². The van der Waals surface area contributed by atoms with Crippen LogP contribution in [-0.4, -0.2) is 25.2 Å². The van der Waals surface area contributed by atoms with Crippen molar-refractivity contribution in [1.82, 2.24) is 0 Å². The molecule has 0 aliphatic heterocycles. The van der Waals surface area contributed by atoms with E-state index < -0.39 is 33.1 Å². The molecule has 0 fully saturated rings. The van der Waals surface area contributed by atoms with Crippen molar-refractivity contribution in [2.45, 2.75) is 23.5 Å². The first-order chi connectivity index (χ1) is 14.6. The van der Waals surface area contributed by atoms with Crippen LogP contribution in [0.5, 0.6) is 0 Å². The van der Waals surface area contributed by atoms with Crippen LogP contribution in [0.25, 0.3) is 0 Å². The highest BCUT2D eigenvalue weighted by Gasteiger charge is 2.37. The molecule has 0 saturated carbocycles. The van der Waals surface area contributed by atoms with Gasteiger partial charge in [0.05, 0.1) is 9.92 Å². The zero-order chi connectivity index (χ0) is 22.8. The first-order valence-electron chi connectivity index (χ1n) is 9.18. The molecule has 3 aromatic carbocycles. The fourth-order valence-corrected chi connectivity index (χ4v) is 5.27. The lowest BCUT2D eigenvalue weighted by molar-refractivity contribution is 0.0921. The van der Waals surface area contributed by atoms with Crippen molar-refractivity contribution in [1.29, 1.82) is 0 Å². The summed E-state index contributed by atoms with van der Waals surface area (Å²) in [6.45, 7) is 1.82. The molecular formula is C23H17Cl3O4S. The molecule has 31 heavy (non-hydrogen) atoms. The van der Waals surface area contributed by atoms with E-state index in [0.717, 1.165) is 5.56 Å². The Kier molecular flexibility index (Phi) is 7.22. The van der Waals surface area contributed by atoms with Crippen molar-refractivity contribution >= 4 is 56.2 Å². The normalized spacial score (nSPS) is 12.4. The molecule has 4 nitrogen and oxygen atoms in total. The molecule has 0 unspecified atom stereocenters. The van der Waals surface area contributed by atoms with E-state index in [1.54, 1.807) is 12.1 Å². The molecule has 3 rings (SSSR count). The Morgan fingerprint density at radius 3 is 2.00 bits per heavy atom. The van der Waals surface area contributed by atoms with Crippen LogP contribution in [0.1, 0.15) is 32.7 Å². The van der Waals surface area contributed by atoms with Crippen molar-refractivity contribution in [2.75, 3.05) is 0 Å². The van der Waals surface area contributed by atoms with Gasteiger partial charge in [-0.3, -0.25) is 9.59 Å². The maximum Gasteiger partial charge on any atom is 0.189 e. The first kappa shape index (κ1) is 23.5. The van der Waals surface area contributed by atoms with E-state index in [0.29, 0.717) is 10.0 Å². The van der Waals surface area contributed by atoms with E-state index >= 15 is 0 Å². The number of Topliss-reactive ketones (excluding diaryl/α,β-unsaturated/α-hetero) is 2. The molecule has 0 aliphatic carbocycles. The van der Waals surface area contributed by atoms with Crippen LogP contribution in [-0.2, 0) is 9.84 Å². The molecule has 0 aromatic heterocycles. The van der Waals surface area contributed by atoms with Crippen LogP contribution >= 0.6 is 34.8 Å². The minimum atomic E-state index is -4.19. The van der Waals surface area contributed by atoms with Crippen molar-refractivity contribution in [2.24, 2.45) is 0 Å². The predicted molar refractivity (Wildman–Crippen MR) is 123 cm³/mol. The van der Waals surface area contributed by atoms with Gasteiger partial charge >= 0.3 is 0 Å². The maximum absolute atomic E-state index is 13.4. The Labute approximate surface area is 195 Å². The van der Waals surface area contributed by atoms with E-state index in [4.69, 9.17) is 34.8 Å². The number of hydrogen-bond acceptors (Lipinski definition) is 4. The smallest absolute Gasteiger partial charge is 0.189 e. The molecule has 0 amide bonds. The van der Waals surface area contributed by atoms with E-state index in [1.165, 1.54) is 54.6 Å². The number of ketones is 2. The summed E-state index contributed by atoms with van der Waals surface area (Å²) in [6, 6.07) is 16.3. The summed E-state index contributed by atoms with van der Waals surface area (Å²) >= 11 is 17.9. The minimum Gasteiger partial charge on any atom is -0.294 e. The predicted octanol–water partition coefficient (Wildman–Crippen LogP) is 6.25. The average Bonchev–Trinajstić information content (AvgIpc) is 2.72. The van der Waals surface area contributed by atoms with Gasteiger partial charge in [-0.1, -0.05) is 52.5 Å². The quantitative estimate of drug-likeness (QED) is 0.363. The van der Waals surface area contributed by atoms with Crippen LogP contribution in [0.15, 0.2) is 71.6 Å². The summed E-state index contributed by atoms with van der Waals surface area (Å²) < 4.78 is 26.8. The molecule has 3 aromatic rings. The van der Waals surface area contributed by atoms with Gasteiger partial charge in [-0.25, -0.2) is 8.42 Å². The molecule has 0 aliphatic rings. The Morgan fingerprint density at radius 1 is 0.839 bits per heavy atom. The Morgan fingerprint density at radius 2 is 1.42 bits per heavy atom. The molecule has 1 atom stereocenters. The molecule has 8 heteroatoms. The number of carbonyl (C=O) groups excluding carboxylic acids is 2. The molecule has 0 bridgehead atoms.